The van der Waals surface area contributed by atoms with Crippen LogP contribution in [-0.2, 0) is 24.8 Å². The molecule has 0 unspecified atom stereocenters. The van der Waals surface area contributed by atoms with Crippen molar-refractivity contribution in [3.05, 3.63) is 64.5 Å². The Labute approximate surface area is 293 Å². The van der Waals surface area contributed by atoms with Gasteiger partial charge in [-0.25, -0.2) is 16.8 Å². The number of likely N-dealkylation sites (N-methyl/N-ethyl adjacent to an activating group) is 1. The molecule has 1 amide bonds. The number of carbonyl (C=O) groups excluding carboxylic acids is 1. The number of sulfonamides is 2. The zero-order valence-corrected chi connectivity index (χ0v) is 30.9. The van der Waals surface area contributed by atoms with Crippen LogP contribution in [-0.4, -0.2) is 93.8 Å². The van der Waals surface area contributed by atoms with Crippen LogP contribution in [0.2, 0.25) is 5.02 Å². The summed E-state index contributed by atoms with van der Waals surface area (Å²) < 4.78 is 74.8. The maximum Gasteiger partial charge on any atom is 0.261 e. The van der Waals surface area contributed by atoms with Gasteiger partial charge in [0.15, 0.2) is 5.76 Å². The fourth-order valence-corrected chi connectivity index (χ4v) is 8.27. The number of ether oxygens (including phenoxy) is 2. The summed E-state index contributed by atoms with van der Waals surface area (Å²) in [7, 11) is -6.54. The molecule has 0 aliphatic carbocycles. The van der Waals surface area contributed by atoms with Crippen LogP contribution in [0.1, 0.15) is 61.8 Å². The monoisotopic (exact) mass is 740 g/mol. The Hall–Kier alpha value is -3.21. The lowest BCUT2D eigenvalue weighted by molar-refractivity contribution is -0.00835. The van der Waals surface area contributed by atoms with E-state index in [1.165, 1.54) is 59.6 Å². The van der Waals surface area contributed by atoms with Crippen molar-refractivity contribution in [2.75, 3.05) is 38.1 Å². The van der Waals surface area contributed by atoms with Gasteiger partial charge < -0.3 is 24.0 Å². The Kier molecular flexibility index (Phi) is 12.8. The molecule has 2 aromatic carbocycles. The first-order valence-corrected chi connectivity index (χ1v) is 19.4. The Morgan fingerprint density at radius 1 is 1.10 bits per heavy atom. The molecular formula is C33H45ClN4O9S2. The number of aliphatic hydroxyl groups excluding tert-OH is 1. The average Bonchev–Trinajstić information content (AvgIpc) is 3.40. The Balaban J connectivity index is 1.69. The van der Waals surface area contributed by atoms with E-state index in [1.54, 1.807) is 19.9 Å². The van der Waals surface area contributed by atoms with Gasteiger partial charge >= 0.3 is 0 Å². The number of benzene rings is 2. The highest BCUT2D eigenvalue weighted by Gasteiger charge is 2.34. The number of aliphatic hydroxyl groups is 1. The molecule has 4 atom stereocenters. The van der Waals surface area contributed by atoms with E-state index in [-0.39, 0.29) is 64.0 Å². The van der Waals surface area contributed by atoms with Crippen molar-refractivity contribution in [2.45, 2.75) is 81.9 Å². The zero-order valence-electron chi connectivity index (χ0n) is 28.5. The molecule has 270 valence electrons. The second-order valence-corrected chi connectivity index (χ2v) is 16.6. The summed E-state index contributed by atoms with van der Waals surface area (Å²) in [6.07, 6.45) is 1.14. The summed E-state index contributed by atoms with van der Waals surface area (Å²) in [6.45, 7) is 8.59. The number of rotatable bonds is 9. The van der Waals surface area contributed by atoms with Crippen molar-refractivity contribution >= 4 is 43.2 Å². The highest BCUT2D eigenvalue weighted by Crippen LogP contribution is 2.30. The lowest BCUT2D eigenvalue weighted by Gasteiger charge is -2.35. The molecular weight excluding hydrogens is 696 g/mol. The summed E-state index contributed by atoms with van der Waals surface area (Å²) in [5.74, 6) is -0.457. The third-order valence-corrected chi connectivity index (χ3v) is 12.2. The van der Waals surface area contributed by atoms with Gasteiger partial charge in [-0.1, -0.05) is 23.7 Å². The molecule has 0 saturated heterocycles. The highest BCUT2D eigenvalue weighted by molar-refractivity contribution is 7.92. The number of fused-ring (bicyclic) bond motifs is 1. The number of anilines is 1. The fourth-order valence-electron chi connectivity index (χ4n) is 5.63. The lowest BCUT2D eigenvalue weighted by Crippen LogP contribution is -2.48. The van der Waals surface area contributed by atoms with Crippen LogP contribution in [0.5, 0.6) is 5.75 Å². The number of hydrogen-bond acceptors (Lipinski definition) is 10. The predicted octanol–water partition coefficient (Wildman–Crippen LogP) is 4.86. The number of carbonyl (C=O) groups is 1. The molecule has 16 heteroatoms. The van der Waals surface area contributed by atoms with Gasteiger partial charge in [-0.15, -0.1) is 0 Å². The van der Waals surface area contributed by atoms with Crippen molar-refractivity contribution < 1.29 is 40.7 Å². The van der Waals surface area contributed by atoms with Gasteiger partial charge in [0.1, 0.15) is 16.3 Å². The summed E-state index contributed by atoms with van der Waals surface area (Å²) in [6, 6.07) is 9.53. The number of halogens is 1. The van der Waals surface area contributed by atoms with Crippen molar-refractivity contribution in [3.63, 3.8) is 0 Å². The summed E-state index contributed by atoms with van der Waals surface area (Å²) in [5.41, 5.74) is 0.488. The molecule has 0 radical (unpaired) electrons. The predicted molar refractivity (Wildman–Crippen MR) is 185 cm³/mol. The average molecular weight is 741 g/mol. The first-order chi connectivity index (χ1) is 23.0. The first kappa shape index (κ1) is 38.6. The first-order valence-electron chi connectivity index (χ1n) is 16.1. The molecule has 0 fully saturated rings. The van der Waals surface area contributed by atoms with Crippen molar-refractivity contribution in [1.29, 1.82) is 0 Å². The molecule has 2 heterocycles. The normalized spacial score (nSPS) is 20.7. The van der Waals surface area contributed by atoms with Crippen molar-refractivity contribution in [3.8, 4) is 5.75 Å². The quantitative estimate of drug-likeness (QED) is 0.309. The van der Waals surface area contributed by atoms with Gasteiger partial charge in [0.25, 0.3) is 15.9 Å². The maximum atomic E-state index is 14.4. The minimum absolute atomic E-state index is 0.00216. The second kappa shape index (κ2) is 16.2. The number of nitrogens with one attached hydrogen (secondary N) is 1. The molecule has 3 aromatic rings. The van der Waals surface area contributed by atoms with Gasteiger partial charge in [0.2, 0.25) is 10.0 Å². The standard InChI is InChI=1S/C33H45ClN4O9S2/c1-21-18-38(22(2)20-39)33(40)29-17-27(36-48(41,42)28-13-10-26(34)11-14-28)12-15-30(29)46-23(3)9-7-8-16-45-31(21)19-37(6)49(43,44)32-24(4)35-47-25(32)5/h10-15,17,21-23,31,36,39H,7-9,16,18-20H2,1-6H3/t21-,22+,23+,31-/m0/s1. The molecule has 13 nitrogen and oxygen atoms in total. The van der Waals surface area contributed by atoms with Gasteiger partial charge in [0, 0.05) is 43.4 Å². The third-order valence-electron chi connectivity index (χ3n) is 8.50. The molecule has 1 aliphatic heterocycles. The SMILES string of the molecule is Cc1noc(C)c1S(=O)(=O)N(C)C[C@@H]1OCCCC[C@@H](C)Oc2ccc(NS(=O)(=O)c3ccc(Cl)cc3)cc2C(=O)N([C@H](C)CO)C[C@@H]1C. The van der Waals surface area contributed by atoms with Gasteiger partial charge in [-0.2, -0.15) is 4.31 Å². The van der Waals surface area contributed by atoms with E-state index < -0.39 is 44.0 Å². The molecule has 2 N–H and O–H groups in total. The van der Waals surface area contributed by atoms with Gasteiger partial charge in [0.05, 0.1) is 35.3 Å². The highest BCUT2D eigenvalue weighted by atomic mass is 35.5. The number of nitrogens with zero attached hydrogens (tertiary/aromatic N) is 3. The molecule has 1 aliphatic rings. The molecule has 4 rings (SSSR count). The lowest BCUT2D eigenvalue weighted by atomic mass is 10.0. The molecule has 49 heavy (non-hydrogen) atoms. The summed E-state index contributed by atoms with van der Waals surface area (Å²) in [4.78, 5) is 15.8. The van der Waals surface area contributed by atoms with E-state index in [1.807, 2.05) is 13.8 Å². The van der Waals surface area contributed by atoms with Crippen LogP contribution in [0.3, 0.4) is 0 Å². The van der Waals surface area contributed by atoms with Crippen LogP contribution < -0.4 is 9.46 Å². The molecule has 0 saturated carbocycles. The van der Waals surface area contributed by atoms with Crippen LogP contribution in [0, 0.1) is 19.8 Å². The van der Waals surface area contributed by atoms with Crippen LogP contribution >= 0.6 is 11.6 Å². The van der Waals surface area contributed by atoms with Crippen molar-refractivity contribution in [2.24, 2.45) is 5.92 Å². The van der Waals surface area contributed by atoms with E-state index in [9.17, 15) is 26.7 Å². The van der Waals surface area contributed by atoms with Gasteiger partial charge in [-0.3, -0.25) is 9.52 Å². The Bertz CT molecular complexity index is 1800. The van der Waals surface area contributed by atoms with Crippen LogP contribution in [0.4, 0.5) is 5.69 Å². The van der Waals surface area contributed by atoms with E-state index in [4.69, 9.17) is 25.6 Å². The fraction of sp³-hybridized carbons (Fsp3) is 0.515. The maximum absolute atomic E-state index is 14.4. The molecule has 0 bridgehead atoms. The topological polar surface area (TPSA) is 169 Å². The second-order valence-electron chi connectivity index (χ2n) is 12.5. The zero-order chi connectivity index (χ0) is 36.1. The molecule has 0 spiro atoms. The van der Waals surface area contributed by atoms with Crippen LogP contribution in [0.25, 0.3) is 0 Å². The minimum atomic E-state index is -4.02. The van der Waals surface area contributed by atoms with E-state index >= 15 is 0 Å². The molecule has 1 aromatic heterocycles. The van der Waals surface area contributed by atoms with E-state index in [2.05, 4.69) is 9.88 Å². The van der Waals surface area contributed by atoms with E-state index in [0.717, 1.165) is 6.42 Å². The van der Waals surface area contributed by atoms with Gasteiger partial charge in [-0.05, 0) is 89.4 Å². The number of hydrogen-bond donors (Lipinski definition) is 2. The summed E-state index contributed by atoms with van der Waals surface area (Å²) >= 11 is 5.94. The largest absolute Gasteiger partial charge is 0.490 e. The minimum Gasteiger partial charge on any atom is -0.490 e. The third kappa shape index (κ3) is 9.32. The van der Waals surface area contributed by atoms with Crippen molar-refractivity contribution in [1.82, 2.24) is 14.4 Å². The Morgan fingerprint density at radius 3 is 2.43 bits per heavy atom. The number of aromatic nitrogens is 1. The van der Waals surface area contributed by atoms with Crippen LogP contribution in [0.15, 0.2) is 56.8 Å². The number of aryl methyl sites for hydroxylation is 2. The smallest absolute Gasteiger partial charge is 0.261 e. The number of amides is 1. The summed E-state index contributed by atoms with van der Waals surface area (Å²) in [5, 5.41) is 14.4. The van der Waals surface area contributed by atoms with E-state index in [0.29, 0.717) is 24.5 Å². The Morgan fingerprint density at radius 2 is 1.80 bits per heavy atom.